The third-order valence-electron chi connectivity index (χ3n) is 8.93. The van der Waals surface area contributed by atoms with Gasteiger partial charge in [0.2, 0.25) is 11.8 Å². The Morgan fingerprint density at radius 1 is 0.766 bits per heavy atom. The van der Waals surface area contributed by atoms with Crippen molar-refractivity contribution in [3.05, 3.63) is 131 Å². The van der Waals surface area contributed by atoms with Gasteiger partial charge in [0.15, 0.2) is 0 Å². The molecule has 0 saturated heterocycles. The zero-order valence-corrected chi connectivity index (χ0v) is 28.4. The van der Waals surface area contributed by atoms with Crippen molar-refractivity contribution in [2.24, 2.45) is 0 Å². The number of aryl methyl sites for hydroxylation is 3. The van der Waals surface area contributed by atoms with E-state index >= 15 is 0 Å². The van der Waals surface area contributed by atoms with Crippen LogP contribution in [0.2, 0.25) is 0 Å². The van der Waals surface area contributed by atoms with Crippen LogP contribution in [-0.2, 0) is 32.6 Å². The summed E-state index contributed by atoms with van der Waals surface area (Å²) in [4.78, 5) is 30.6. The van der Waals surface area contributed by atoms with Crippen LogP contribution in [0.15, 0.2) is 108 Å². The normalized spacial score (nSPS) is 14.3. The molecule has 8 heteroatoms. The summed E-state index contributed by atoms with van der Waals surface area (Å²) in [6.45, 7) is 5.48. The summed E-state index contributed by atoms with van der Waals surface area (Å²) in [5.74, 6) is -0.671. The molecule has 47 heavy (non-hydrogen) atoms. The van der Waals surface area contributed by atoms with Crippen molar-refractivity contribution in [2.75, 3.05) is 10.8 Å². The van der Waals surface area contributed by atoms with E-state index in [2.05, 4.69) is 5.32 Å². The SMILES string of the molecule is Cc1ccc(CN(C(=O)CN(c2ccc(C)cc2C)S(=O)(=O)c2ccccc2)[C@H](Cc2ccccc2)C(=O)NC2CCCCC2)cc1. The smallest absolute Gasteiger partial charge is 0.264 e. The molecule has 4 aromatic carbocycles. The summed E-state index contributed by atoms with van der Waals surface area (Å²) in [7, 11) is -4.14. The van der Waals surface area contributed by atoms with Crippen molar-refractivity contribution >= 4 is 27.5 Å². The number of carbonyl (C=O) groups excluding carboxylic acids is 2. The van der Waals surface area contributed by atoms with Gasteiger partial charge in [0.25, 0.3) is 10.0 Å². The van der Waals surface area contributed by atoms with Crippen LogP contribution in [0.5, 0.6) is 0 Å². The third kappa shape index (κ3) is 8.69. The van der Waals surface area contributed by atoms with Gasteiger partial charge in [-0.3, -0.25) is 13.9 Å². The first-order chi connectivity index (χ1) is 22.6. The van der Waals surface area contributed by atoms with Gasteiger partial charge in [-0.05, 0) is 68.5 Å². The van der Waals surface area contributed by atoms with Crippen molar-refractivity contribution in [3.63, 3.8) is 0 Å². The van der Waals surface area contributed by atoms with Gasteiger partial charge in [-0.15, -0.1) is 0 Å². The lowest BCUT2D eigenvalue weighted by Crippen LogP contribution is -2.55. The van der Waals surface area contributed by atoms with Crippen LogP contribution in [0.3, 0.4) is 0 Å². The summed E-state index contributed by atoms with van der Waals surface area (Å²) in [6.07, 6.45) is 5.38. The van der Waals surface area contributed by atoms with Crippen LogP contribution < -0.4 is 9.62 Å². The number of benzene rings is 4. The molecular formula is C39H45N3O4S. The van der Waals surface area contributed by atoms with E-state index < -0.39 is 28.5 Å². The maximum atomic E-state index is 14.7. The van der Waals surface area contributed by atoms with E-state index in [1.54, 1.807) is 29.2 Å². The first-order valence-corrected chi connectivity index (χ1v) is 17.9. The average Bonchev–Trinajstić information content (AvgIpc) is 3.07. The molecule has 1 aliphatic carbocycles. The van der Waals surface area contributed by atoms with Crippen LogP contribution in [0, 0.1) is 20.8 Å². The lowest BCUT2D eigenvalue weighted by molar-refractivity contribution is -0.140. The molecule has 1 atom stereocenters. The van der Waals surface area contributed by atoms with Gasteiger partial charge in [-0.2, -0.15) is 0 Å². The summed E-state index contributed by atoms with van der Waals surface area (Å²) < 4.78 is 29.7. The maximum absolute atomic E-state index is 14.7. The number of sulfonamides is 1. The summed E-state index contributed by atoms with van der Waals surface area (Å²) >= 11 is 0. The second kappa shape index (κ2) is 15.4. The zero-order chi connectivity index (χ0) is 33.4. The van der Waals surface area contributed by atoms with E-state index in [4.69, 9.17) is 0 Å². The van der Waals surface area contributed by atoms with Crippen molar-refractivity contribution in [3.8, 4) is 0 Å². The van der Waals surface area contributed by atoms with Gasteiger partial charge < -0.3 is 10.2 Å². The van der Waals surface area contributed by atoms with Gasteiger partial charge in [0.1, 0.15) is 12.6 Å². The largest absolute Gasteiger partial charge is 0.352 e. The van der Waals surface area contributed by atoms with Crippen molar-refractivity contribution < 1.29 is 18.0 Å². The van der Waals surface area contributed by atoms with Crippen LogP contribution in [0.25, 0.3) is 0 Å². The van der Waals surface area contributed by atoms with Gasteiger partial charge in [-0.1, -0.05) is 115 Å². The molecule has 0 unspecified atom stereocenters. The second-order valence-corrected chi connectivity index (χ2v) is 14.5. The fourth-order valence-corrected chi connectivity index (χ4v) is 7.81. The third-order valence-corrected chi connectivity index (χ3v) is 10.7. The lowest BCUT2D eigenvalue weighted by atomic mass is 9.94. The molecule has 2 amide bonds. The molecule has 1 N–H and O–H groups in total. The Bertz CT molecular complexity index is 1750. The molecule has 5 rings (SSSR count). The minimum Gasteiger partial charge on any atom is -0.352 e. The number of carbonyl (C=O) groups is 2. The van der Waals surface area contributed by atoms with Gasteiger partial charge in [0, 0.05) is 19.0 Å². The van der Waals surface area contributed by atoms with Gasteiger partial charge in [-0.25, -0.2) is 8.42 Å². The minimum absolute atomic E-state index is 0.0519. The van der Waals surface area contributed by atoms with E-state index in [0.29, 0.717) is 12.1 Å². The highest BCUT2D eigenvalue weighted by atomic mass is 32.2. The highest BCUT2D eigenvalue weighted by Gasteiger charge is 2.35. The number of nitrogens with one attached hydrogen (secondary N) is 1. The monoisotopic (exact) mass is 651 g/mol. The van der Waals surface area contributed by atoms with E-state index in [1.807, 2.05) is 87.5 Å². The molecule has 4 aromatic rings. The number of rotatable bonds is 12. The van der Waals surface area contributed by atoms with Crippen molar-refractivity contribution in [1.82, 2.24) is 10.2 Å². The number of hydrogen-bond acceptors (Lipinski definition) is 4. The Labute approximate surface area is 279 Å². The van der Waals surface area contributed by atoms with Gasteiger partial charge in [0.05, 0.1) is 10.6 Å². The topological polar surface area (TPSA) is 86.8 Å². The molecule has 0 heterocycles. The Morgan fingerprint density at radius 3 is 2.02 bits per heavy atom. The van der Waals surface area contributed by atoms with Crippen LogP contribution in [-0.4, -0.2) is 43.8 Å². The Morgan fingerprint density at radius 2 is 1.38 bits per heavy atom. The molecule has 0 bridgehead atoms. The molecule has 1 saturated carbocycles. The average molecular weight is 652 g/mol. The predicted molar refractivity (Wildman–Crippen MR) is 188 cm³/mol. The molecule has 246 valence electrons. The van der Waals surface area contributed by atoms with Crippen LogP contribution in [0.4, 0.5) is 5.69 Å². The van der Waals surface area contributed by atoms with Crippen molar-refractivity contribution in [1.29, 1.82) is 0 Å². The molecule has 0 aromatic heterocycles. The molecule has 1 aliphatic rings. The first-order valence-electron chi connectivity index (χ1n) is 16.5. The van der Waals surface area contributed by atoms with E-state index in [1.165, 1.54) is 16.4 Å². The molecule has 0 spiro atoms. The quantitative estimate of drug-likeness (QED) is 0.181. The first kappa shape index (κ1) is 33.9. The standard InChI is InChI=1S/C39H45N3O4S/c1-29-19-22-33(23-20-29)27-41(37(26-32-13-7-4-8-14-32)39(44)40-34-15-9-5-10-16-34)38(43)28-42(36-24-21-30(2)25-31(36)3)47(45,46)35-17-11-6-12-18-35/h4,6-8,11-14,17-25,34,37H,5,9-10,15-16,26-28H2,1-3H3,(H,40,44)/t37-/m1/s1. The molecular weight excluding hydrogens is 607 g/mol. The summed E-state index contributed by atoms with van der Waals surface area (Å²) in [5.41, 5.74) is 5.00. The molecule has 1 fully saturated rings. The second-order valence-electron chi connectivity index (χ2n) is 12.7. The van der Waals surface area contributed by atoms with Crippen molar-refractivity contribution in [2.45, 2.75) is 82.8 Å². The van der Waals surface area contributed by atoms with E-state index in [0.717, 1.165) is 59.9 Å². The maximum Gasteiger partial charge on any atom is 0.264 e. The van der Waals surface area contributed by atoms with Gasteiger partial charge >= 0.3 is 0 Å². The molecule has 0 aliphatic heterocycles. The van der Waals surface area contributed by atoms with E-state index in [9.17, 15) is 18.0 Å². The summed E-state index contributed by atoms with van der Waals surface area (Å²) in [5, 5.41) is 3.26. The van der Waals surface area contributed by atoms with Crippen LogP contribution in [0.1, 0.15) is 59.9 Å². The Kier molecular flexibility index (Phi) is 11.1. The van der Waals surface area contributed by atoms with E-state index in [-0.39, 0.29) is 23.4 Å². The molecule has 0 radical (unpaired) electrons. The van der Waals surface area contributed by atoms with Crippen LogP contribution >= 0.6 is 0 Å². The predicted octanol–water partition coefficient (Wildman–Crippen LogP) is 6.90. The minimum atomic E-state index is -4.14. The highest BCUT2D eigenvalue weighted by molar-refractivity contribution is 7.92. The fraction of sp³-hybridized carbons (Fsp3) is 0.333. The Balaban J connectivity index is 1.57. The Hall–Kier alpha value is -4.43. The number of anilines is 1. The lowest BCUT2D eigenvalue weighted by Gasteiger charge is -2.35. The fourth-order valence-electron chi connectivity index (χ4n) is 6.31. The molecule has 7 nitrogen and oxygen atoms in total. The zero-order valence-electron chi connectivity index (χ0n) is 27.6. The summed E-state index contributed by atoms with van der Waals surface area (Å²) in [6, 6.07) is 30.4. The number of amides is 2. The highest BCUT2D eigenvalue weighted by Crippen LogP contribution is 2.29. The number of hydrogen-bond donors (Lipinski definition) is 1. The number of nitrogens with zero attached hydrogens (tertiary/aromatic N) is 2.